The Balaban J connectivity index is 0.0000000991. The van der Waals surface area contributed by atoms with Crippen LogP contribution in [0.2, 0.25) is 0 Å². The number of benzene rings is 20. The van der Waals surface area contributed by atoms with Crippen LogP contribution in [0.1, 0.15) is 0 Å². The Kier molecular flexibility index (Phi) is 16.5. The van der Waals surface area contributed by atoms with E-state index in [1.807, 2.05) is 54.1 Å². The lowest BCUT2D eigenvalue weighted by atomic mass is 9.92. The summed E-state index contributed by atoms with van der Waals surface area (Å²) in [5, 5.41) is 25.4. The molecule has 0 radical (unpaired) electrons. The van der Waals surface area contributed by atoms with Gasteiger partial charge in [0.1, 0.15) is 17.5 Å². The van der Waals surface area contributed by atoms with E-state index in [9.17, 15) is 0 Å². The van der Waals surface area contributed by atoms with Crippen molar-refractivity contribution in [2.24, 2.45) is 0 Å². The standard InChI is InChI=1S/C48H28N4.C41H23N5S.C35H21N5/c1-2-13-33-31(11-1)32-12-4-6-17-37(32)41-27-29(21-23-38(33)41)30-22-25-44-45(28-30)51-43-20-10-9-19-42(43)49-48(51)52(44)46-26-24-40-36-16-5-3-14-34(36)35-15-7-8-18-39(35)47(40)50-46;1-2-10-27-26(9-1)29-14-8-22-42-38(29)39-30(27)19-21-37(44-39)46-34-20-18-24(23-35(34)45-33-16-5-4-15-32(33)43-41(45)46)25-12-7-13-31-28-11-3-6-17-36(28)47-40(25)31;1-2-9-22(10-3-1)23-16-18-30-31(21-23)39-29-15-7-6-14-28(29)37-35(39)40(30)32-19-17-27-25-12-5-4-11-24(25)26-13-8-20-36-33(26)34(27)38-32/h1-28H;1-23H;1-21H. The summed E-state index contributed by atoms with van der Waals surface area (Å²) < 4.78 is 16.0. The van der Waals surface area contributed by atoms with Gasteiger partial charge >= 0.3 is 0 Å². The SMILES string of the molecule is c1ccc(-c2ccc3c(c2)n2c4ccccc4nc2n3-c2ccc3c4ccccc4c4cccnc4c3n2)cc1.c1ccc2c(c1)nc1n(-c3ccc4c5ccccc5c5ccccc5c4n3)c3ccc(-c4ccc5c6ccccc6c6ccccc6c5c4)cc3n21.c1ccc2c(c1)nc1n(-c3ccc4c5ccccc5c5cccnc5c4n3)c3ccc(-c4cccc5c4sc4ccccc45)cc3n21. The van der Waals surface area contributed by atoms with Crippen LogP contribution in [0.25, 0.3) is 284 Å². The molecule has 0 amide bonds. The zero-order chi connectivity index (χ0) is 90.8. The summed E-state index contributed by atoms with van der Waals surface area (Å²) in [4.78, 5) is 41.2. The molecule has 0 atom stereocenters. The third-order valence-electron chi connectivity index (χ3n) is 28.6. The van der Waals surface area contributed by atoms with Crippen molar-refractivity contribution in [3.05, 3.63) is 437 Å². The molecule has 32 aromatic rings. The van der Waals surface area contributed by atoms with Gasteiger partial charge in [0, 0.05) is 64.9 Å². The Morgan fingerprint density at radius 2 is 0.482 bits per heavy atom. The molecule has 12 aromatic heterocycles. The van der Waals surface area contributed by atoms with E-state index in [-0.39, 0.29) is 0 Å². The van der Waals surface area contributed by atoms with Crippen LogP contribution in [-0.4, -0.2) is 66.8 Å². The quantitative estimate of drug-likeness (QED) is 0.150. The van der Waals surface area contributed by atoms with Gasteiger partial charge in [0.05, 0.1) is 93.8 Å². The number of rotatable bonds is 6. The molecule has 15 heteroatoms. The van der Waals surface area contributed by atoms with Crippen LogP contribution in [0.5, 0.6) is 0 Å². The molecule has 32 rings (SSSR count). The molecule has 0 aliphatic rings. The molecule has 0 spiro atoms. The summed E-state index contributed by atoms with van der Waals surface area (Å²) in [6.45, 7) is 0. The van der Waals surface area contributed by atoms with Crippen molar-refractivity contribution in [3.63, 3.8) is 0 Å². The van der Waals surface area contributed by atoms with Crippen LogP contribution in [0.4, 0.5) is 0 Å². The van der Waals surface area contributed by atoms with Crippen LogP contribution in [0.15, 0.2) is 437 Å². The first kappa shape index (κ1) is 76.8. The maximum absolute atomic E-state index is 5.44. The van der Waals surface area contributed by atoms with Gasteiger partial charge in [0.25, 0.3) is 0 Å². The second-order valence-electron chi connectivity index (χ2n) is 36.0. The number of fused-ring (bicyclic) bond motifs is 42. The van der Waals surface area contributed by atoms with Gasteiger partial charge in [-0.3, -0.25) is 36.9 Å². The lowest BCUT2D eigenvalue weighted by Gasteiger charge is -2.13. The normalized spacial score (nSPS) is 12.2. The number of nitrogens with zero attached hydrogens (tertiary/aromatic N) is 14. The Morgan fingerprint density at radius 1 is 0.173 bits per heavy atom. The minimum atomic E-state index is 0.814. The Bertz CT molecular complexity index is 10800. The summed E-state index contributed by atoms with van der Waals surface area (Å²) in [6.07, 6.45) is 3.70. The predicted octanol–water partition coefficient (Wildman–Crippen LogP) is 31.5. The van der Waals surface area contributed by atoms with Crippen molar-refractivity contribution in [1.82, 2.24) is 66.8 Å². The van der Waals surface area contributed by atoms with Gasteiger partial charge in [-0.1, -0.05) is 291 Å². The molecule has 0 saturated heterocycles. The third kappa shape index (κ3) is 11.5. The second-order valence-corrected chi connectivity index (χ2v) is 37.1. The molecule has 0 fully saturated rings. The zero-order valence-corrected chi connectivity index (χ0v) is 75.1. The topological polar surface area (TPSA) is 131 Å². The summed E-state index contributed by atoms with van der Waals surface area (Å²) in [5.74, 6) is 5.00. The molecule has 644 valence electrons. The van der Waals surface area contributed by atoms with Crippen molar-refractivity contribution in [2.75, 3.05) is 0 Å². The highest BCUT2D eigenvalue weighted by Gasteiger charge is 2.27. The van der Waals surface area contributed by atoms with Gasteiger partial charge < -0.3 is 0 Å². The smallest absolute Gasteiger partial charge is 0.221 e. The van der Waals surface area contributed by atoms with Crippen molar-refractivity contribution in [3.8, 4) is 50.8 Å². The van der Waals surface area contributed by atoms with Gasteiger partial charge in [0.15, 0.2) is 0 Å². The minimum absolute atomic E-state index is 0.814. The second kappa shape index (κ2) is 29.9. The monoisotopic (exact) mass is 1790 g/mol. The van der Waals surface area contributed by atoms with E-state index < -0.39 is 0 Å². The Morgan fingerprint density at radius 3 is 0.942 bits per heavy atom. The van der Waals surface area contributed by atoms with Crippen LogP contribution >= 0.6 is 11.3 Å². The van der Waals surface area contributed by atoms with Gasteiger partial charge in [-0.2, -0.15) is 0 Å². The molecule has 0 saturated carbocycles. The van der Waals surface area contributed by atoms with Crippen LogP contribution in [-0.2, 0) is 0 Å². The number of para-hydroxylation sites is 6. The molecule has 20 aromatic carbocycles. The lowest BCUT2D eigenvalue weighted by molar-refractivity contribution is 1.06. The van der Waals surface area contributed by atoms with Gasteiger partial charge in [-0.05, 0) is 237 Å². The number of aromatic nitrogens is 14. The molecular weight excluding hydrogens is 1720 g/mol. The fourth-order valence-electron chi connectivity index (χ4n) is 22.4. The fourth-order valence-corrected chi connectivity index (χ4v) is 23.7. The van der Waals surface area contributed by atoms with Crippen molar-refractivity contribution < 1.29 is 0 Å². The zero-order valence-electron chi connectivity index (χ0n) is 74.2. The van der Waals surface area contributed by atoms with E-state index in [2.05, 4.69) is 421 Å². The molecule has 0 bridgehead atoms. The van der Waals surface area contributed by atoms with Crippen LogP contribution < -0.4 is 0 Å². The average Bonchev–Trinajstić information content (AvgIpc) is 1.57. The Hall–Kier alpha value is -18.7. The van der Waals surface area contributed by atoms with Gasteiger partial charge in [-0.25, -0.2) is 29.9 Å². The summed E-state index contributed by atoms with van der Waals surface area (Å²) in [5.41, 5.74) is 24.2. The number of imidazole rings is 6. The van der Waals surface area contributed by atoms with E-state index in [1.165, 1.54) is 112 Å². The van der Waals surface area contributed by atoms with Gasteiger partial charge in [-0.15, -0.1) is 11.3 Å². The number of hydrogen-bond donors (Lipinski definition) is 0. The summed E-state index contributed by atoms with van der Waals surface area (Å²) in [7, 11) is 0. The first-order valence-electron chi connectivity index (χ1n) is 46.9. The number of hydrogen-bond acceptors (Lipinski definition) is 9. The fraction of sp³-hybridized carbons (Fsp3) is 0. The molecule has 139 heavy (non-hydrogen) atoms. The lowest BCUT2D eigenvalue weighted by Crippen LogP contribution is -1.99. The summed E-state index contributed by atoms with van der Waals surface area (Å²) >= 11 is 1.86. The first-order chi connectivity index (χ1) is 69.0. The van der Waals surface area contributed by atoms with Crippen LogP contribution in [0.3, 0.4) is 0 Å². The molecule has 12 heterocycles. The molecule has 14 nitrogen and oxygen atoms in total. The van der Waals surface area contributed by atoms with Crippen molar-refractivity contribution in [2.45, 2.75) is 0 Å². The third-order valence-corrected chi connectivity index (χ3v) is 29.8. The van der Waals surface area contributed by atoms with E-state index in [0.717, 1.165) is 172 Å². The molecule has 0 unspecified atom stereocenters. The van der Waals surface area contributed by atoms with Gasteiger partial charge in [0.2, 0.25) is 17.3 Å². The Labute approximate surface area is 794 Å². The average molecular weight is 1790 g/mol. The maximum atomic E-state index is 5.44. The largest absolute Gasteiger partial charge is 0.276 e. The summed E-state index contributed by atoms with van der Waals surface area (Å²) in [6, 6.07) is 151. The molecule has 0 N–H and O–H groups in total. The van der Waals surface area contributed by atoms with E-state index in [1.54, 1.807) is 0 Å². The highest BCUT2D eigenvalue weighted by Crippen LogP contribution is 2.47. The van der Waals surface area contributed by atoms with E-state index >= 15 is 0 Å². The highest BCUT2D eigenvalue weighted by atomic mass is 32.1. The van der Waals surface area contributed by atoms with Crippen molar-refractivity contribution in [1.29, 1.82) is 0 Å². The molecule has 0 aliphatic carbocycles. The minimum Gasteiger partial charge on any atom is -0.276 e. The number of thiophene rings is 1. The predicted molar refractivity (Wildman–Crippen MR) is 577 cm³/mol. The van der Waals surface area contributed by atoms with E-state index in [4.69, 9.17) is 39.9 Å². The first-order valence-corrected chi connectivity index (χ1v) is 47.7. The van der Waals surface area contributed by atoms with E-state index in [0.29, 0.717) is 0 Å². The molecule has 0 aliphatic heterocycles. The molecular formula is C124H72N14S. The number of pyridine rings is 5. The maximum Gasteiger partial charge on any atom is 0.221 e. The van der Waals surface area contributed by atoms with Crippen LogP contribution in [0, 0.1) is 0 Å². The highest BCUT2D eigenvalue weighted by molar-refractivity contribution is 7.26. The van der Waals surface area contributed by atoms with Crippen molar-refractivity contribution >= 4 is 245 Å².